The molecule has 90 valence electrons. The van der Waals surface area contributed by atoms with E-state index < -0.39 is 11.6 Å². The summed E-state index contributed by atoms with van der Waals surface area (Å²) in [6, 6.07) is 2.10. The Labute approximate surface area is 97.4 Å². The molecule has 0 aromatic heterocycles. The number of nitrogens with zero attached hydrogens (tertiary/aromatic N) is 1. The van der Waals surface area contributed by atoms with Crippen molar-refractivity contribution in [1.29, 1.82) is 0 Å². The van der Waals surface area contributed by atoms with Gasteiger partial charge in [-0.2, -0.15) is 0 Å². The van der Waals surface area contributed by atoms with Crippen LogP contribution in [0.2, 0.25) is 0 Å². The maximum atomic E-state index is 13.8. The van der Waals surface area contributed by atoms with E-state index in [1.165, 1.54) is 6.07 Å². The largest absolute Gasteiger partial charge is 0.355 e. The molecular formula is C12H12F2N2O. The second-order valence-corrected chi connectivity index (χ2v) is 4.45. The van der Waals surface area contributed by atoms with E-state index >= 15 is 0 Å². The number of hydrogen-bond acceptors (Lipinski definition) is 2. The summed E-state index contributed by atoms with van der Waals surface area (Å²) in [4.78, 5) is 13.5. The Morgan fingerprint density at radius 1 is 1.29 bits per heavy atom. The van der Waals surface area contributed by atoms with Crippen LogP contribution in [-0.2, 0) is 4.79 Å². The molecule has 3 rings (SSSR count). The van der Waals surface area contributed by atoms with E-state index in [0.717, 1.165) is 18.9 Å². The number of amides is 1. The molecule has 2 aliphatic rings. The van der Waals surface area contributed by atoms with E-state index in [9.17, 15) is 13.6 Å². The summed E-state index contributed by atoms with van der Waals surface area (Å²) in [7, 11) is 0. The molecule has 1 aromatic rings. The highest BCUT2D eigenvalue weighted by Crippen LogP contribution is 2.38. The summed E-state index contributed by atoms with van der Waals surface area (Å²) in [5, 5.41) is 2.64. The average molecular weight is 238 g/mol. The maximum absolute atomic E-state index is 13.8. The molecule has 0 aliphatic carbocycles. The number of carbonyl (C=O) groups excluding carboxylic acids is 1. The Bertz CT molecular complexity index is 490. The molecule has 1 aromatic carbocycles. The second-order valence-electron chi connectivity index (χ2n) is 4.45. The van der Waals surface area contributed by atoms with Crippen molar-refractivity contribution in [2.45, 2.75) is 25.3 Å². The van der Waals surface area contributed by atoms with Crippen LogP contribution in [0.25, 0.3) is 0 Å². The lowest BCUT2D eigenvalue weighted by Gasteiger charge is -2.41. The van der Waals surface area contributed by atoms with Crippen molar-refractivity contribution in [3.63, 3.8) is 0 Å². The molecule has 0 radical (unpaired) electrons. The van der Waals surface area contributed by atoms with Crippen molar-refractivity contribution in [1.82, 2.24) is 0 Å². The fourth-order valence-electron chi connectivity index (χ4n) is 2.61. The van der Waals surface area contributed by atoms with E-state index in [-0.39, 0.29) is 17.6 Å². The summed E-state index contributed by atoms with van der Waals surface area (Å²) in [6.45, 7) is 0.603. The van der Waals surface area contributed by atoms with Gasteiger partial charge in [0.2, 0.25) is 5.91 Å². The lowest BCUT2D eigenvalue weighted by molar-refractivity contribution is -0.118. The molecule has 0 bridgehead atoms. The Morgan fingerprint density at radius 2 is 2.12 bits per heavy atom. The van der Waals surface area contributed by atoms with Gasteiger partial charge in [-0.15, -0.1) is 0 Å². The van der Waals surface area contributed by atoms with Crippen molar-refractivity contribution < 1.29 is 13.6 Å². The zero-order chi connectivity index (χ0) is 12.0. The smallest absolute Gasteiger partial charge is 0.247 e. The summed E-state index contributed by atoms with van der Waals surface area (Å²) < 4.78 is 27.1. The minimum absolute atomic E-state index is 0.122. The quantitative estimate of drug-likeness (QED) is 0.752. The molecule has 1 saturated heterocycles. The third-order valence-corrected chi connectivity index (χ3v) is 3.42. The van der Waals surface area contributed by atoms with Crippen LogP contribution in [0, 0.1) is 11.6 Å². The van der Waals surface area contributed by atoms with E-state index in [1.54, 1.807) is 4.90 Å². The standard InChI is InChI=1S/C12H12F2N2O/c13-7-4-5-8-11(10(7)14)16-6-2-1-3-9(16)12(17)15-8/h4-5,9H,1-3,6H2,(H,15,17). The van der Waals surface area contributed by atoms with Crippen LogP contribution in [0.15, 0.2) is 12.1 Å². The minimum atomic E-state index is -0.871. The number of hydrogen-bond donors (Lipinski definition) is 1. The first-order chi connectivity index (χ1) is 8.18. The highest BCUT2D eigenvalue weighted by molar-refractivity contribution is 6.03. The third kappa shape index (κ3) is 1.49. The van der Waals surface area contributed by atoms with Gasteiger partial charge in [-0.25, -0.2) is 8.78 Å². The first kappa shape index (κ1) is 10.5. The van der Waals surface area contributed by atoms with Gasteiger partial charge in [0.15, 0.2) is 11.6 Å². The molecule has 0 saturated carbocycles. The number of piperidine rings is 1. The number of benzene rings is 1. The van der Waals surface area contributed by atoms with Gasteiger partial charge in [-0.1, -0.05) is 0 Å². The second kappa shape index (κ2) is 3.68. The monoisotopic (exact) mass is 238 g/mol. The molecule has 2 aliphatic heterocycles. The first-order valence-electron chi connectivity index (χ1n) is 5.74. The van der Waals surface area contributed by atoms with Crippen molar-refractivity contribution in [3.05, 3.63) is 23.8 Å². The van der Waals surface area contributed by atoms with E-state index in [4.69, 9.17) is 0 Å². The molecule has 0 spiro atoms. The van der Waals surface area contributed by atoms with Gasteiger partial charge >= 0.3 is 0 Å². The molecule has 17 heavy (non-hydrogen) atoms. The Kier molecular flexibility index (Phi) is 2.28. The molecule has 1 fully saturated rings. The lowest BCUT2D eigenvalue weighted by atomic mass is 9.97. The molecule has 1 atom stereocenters. The number of fused-ring (bicyclic) bond motifs is 3. The highest BCUT2D eigenvalue weighted by Gasteiger charge is 2.36. The highest BCUT2D eigenvalue weighted by atomic mass is 19.2. The summed E-state index contributed by atoms with van der Waals surface area (Å²) in [5.41, 5.74) is 0.571. The van der Waals surface area contributed by atoms with E-state index in [0.29, 0.717) is 18.7 Å². The van der Waals surface area contributed by atoms with Crippen molar-refractivity contribution in [2.24, 2.45) is 0 Å². The number of halogens is 2. The first-order valence-corrected chi connectivity index (χ1v) is 5.74. The van der Waals surface area contributed by atoms with Crippen molar-refractivity contribution in [2.75, 3.05) is 16.8 Å². The zero-order valence-corrected chi connectivity index (χ0v) is 9.17. The van der Waals surface area contributed by atoms with Crippen LogP contribution in [0.1, 0.15) is 19.3 Å². The van der Waals surface area contributed by atoms with E-state index in [1.807, 2.05) is 0 Å². The van der Waals surface area contributed by atoms with Crippen molar-refractivity contribution in [3.8, 4) is 0 Å². The van der Waals surface area contributed by atoms with Crippen LogP contribution < -0.4 is 10.2 Å². The van der Waals surface area contributed by atoms with Gasteiger partial charge in [0.05, 0.1) is 5.69 Å². The van der Waals surface area contributed by atoms with Gasteiger partial charge in [0, 0.05) is 6.54 Å². The fraction of sp³-hybridized carbons (Fsp3) is 0.417. The Hall–Kier alpha value is -1.65. The SMILES string of the molecule is O=C1Nc2ccc(F)c(F)c2N2CCCCC12. The molecule has 3 nitrogen and oxygen atoms in total. The number of anilines is 2. The molecule has 1 unspecified atom stereocenters. The maximum Gasteiger partial charge on any atom is 0.247 e. The van der Waals surface area contributed by atoms with Crippen molar-refractivity contribution >= 4 is 17.3 Å². The predicted octanol–water partition coefficient (Wildman–Crippen LogP) is 2.28. The van der Waals surface area contributed by atoms with Crippen LogP contribution in [0.5, 0.6) is 0 Å². The molecule has 1 N–H and O–H groups in total. The fourth-order valence-corrected chi connectivity index (χ4v) is 2.61. The van der Waals surface area contributed by atoms with Crippen LogP contribution in [-0.4, -0.2) is 18.5 Å². The van der Waals surface area contributed by atoms with Crippen LogP contribution in [0.4, 0.5) is 20.2 Å². The van der Waals surface area contributed by atoms with Crippen LogP contribution >= 0.6 is 0 Å². The summed E-state index contributed by atoms with van der Waals surface area (Å²) >= 11 is 0. The van der Waals surface area contributed by atoms with Gasteiger partial charge in [-0.3, -0.25) is 4.79 Å². The van der Waals surface area contributed by atoms with Gasteiger partial charge in [0.1, 0.15) is 11.7 Å². The zero-order valence-electron chi connectivity index (χ0n) is 9.17. The predicted molar refractivity (Wildman–Crippen MR) is 60.0 cm³/mol. The van der Waals surface area contributed by atoms with E-state index in [2.05, 4.69) is 5.32 Å². The molecule has 1 amide bonds. The topological polar surface area (TPSA) is 32.3 Å². The van der Waals surface area contributed by atoms with Gasteiger partial charge in [-0.05, 0) is 31.4 Å². The van der Waals surface area contributed by atoms with Crippen LogP contribution in [0.3, 0.4) is 0 Å². The summed E-state index contributed by atoms with van der Waals surface area (Å²) in [6.07, 6.45) is 2.54. The number of rotatable bonds is 0. The van der Waals surface area contributed by atoms with Gasteiger partial charge in [0.25, 0.3) is 0 Å². The Morgan fingerprint density at radius 3 is 2.94 bits per heavy atom. The summed E-state index contributed by atoms with van der Waals surface area (Å²) in [5.74, 6) is -1.86. The minimum Gasteiger partial charge on any atom is -0.355 e. The Balaban J connectivity index is 2.14. The molecule has 2 heterocycles. The third-order valence-electron chi connectivity index (χ3n) is 3.42. The lowest BCUT2D eigenvalue weighted by Crippen LogP contribution is -2.51. The molecule has 5 heteroatoms. The number of carbonyl (C=O) groups is 1. The average Bonchev–Trinajstić information content (AvgIpc) is 2.34. The number of nitrogens with one attached hydrogen (secondary N) is 1. The molecular weight excluding hydrogens is 226 g/mol. The van der Waals surface area contributed by atoms with Gasteiger partial charge < -0.3 is 10.2 Å². The normalized spacial score (nSPS) is 22.8.